The molecule has 0 aromatic carbocycles. The first-order valence-corrected chi connectivity index (χ1v) is 6.24. The number of rotatable bonds is 6. The lowest BCUT2D eigenvalue weighted by Crippen LogP contribution is -2.38. The Bertz CT molecular complexity index is 406. The van der Waals surface area contributed by atoms with Gasteiger partial charge in [0.25, 0.3) is 0 Å². The maximum absolute atomic E-state index is 4.98. The highest BCUT2D eigenvalue weighted by molar-refractivity contribution is 5.79. The third kappa shape index (κ3) is 5.56. The number of pyridine rings is 1. The van der Waals surface area contributed by atoms with Crippen LogP contribution in [0.25, 0.3) is 0 Å². The highest BCUT2D eigenvalue weighted by atomic mass is 16.5. The summed E-state index contributed by atoms with van der Waals surface area (Å²) in [5, 5.41) is 6.37. The van der Waals surface area contributed by atoms with Gasteiger partial charge in [-0.05, 0) is 12.1 Å². The Balaban J connectivity index is 2.48. The third-order valence-corrected chi connectivity index (χ3v) is 2.51. The van der Waals surface area contributed by atoms with E-state index in [0.717, 1.165) is 24.0 Å². The van der Waals surface area contributed by atoms with Gasteiger partial charge in [0, 0.05) is 34.8 Å². The van der Waals surface area contributed by atoms with Crippen LogP contribution in [0, 0.1) is 0 Å². The molecule has 0 aliphatic heterocycles. The molecular formula is C13H23N5O. The summed E-state index contributed by atoms with van der Waals surface area (Å²) in [6, 6.07) is 5.97. The lowest BCUT2D eigenvalue weighted by Gasteiger charge is -2.14. The fourth-order valence-corrected chi connectivity index (χ4v) is 1.48. The van der Waals surface area contributed by atoms with Gasteiger partial charge in [-0.3, -0.25) is 4.99 Å². The number of aromatic nitrogens is 1. The van der Waals surface area contributed by atoms with Gasteiger partial charge < -0.3 is 20.3 Å². The number of ether oxygens (including phenoxy) is 1. The maximum Gasteiger partial charge on any atom is 0.191 e. The summed E-state index contributed by atoms with van der Waals surface area (Å²) >= 11 is 0. The molecule has 0 bridgehead atoms. The highest BCUT2D eigenvalue weighted by Crippen LogP contribution is 2.07. The molecule has 6 heteroatoms. The Morgan fingerprint density at radius 1 is 1.37 bits per heavy atom. The van der Waals surface area contributed by atoms with Crippen molar-refractivity contribution in [2.45, 2.75) is 6.54 Å². The average Bonchev–Trinajstić information content (AvgIpc) is 2.43. The lowest BCUT2D eigenvalue weighted by molar-refractivity contribution is 0.203. The van der Waals surface area contributed by atoms with Gasteiger partial charge in [-0.15, -0.1) is 0 Å². The number of guanidine groups is 1. The molecule has 6 nitrogen and oxygen atoms in total. The second kappa shape index (κ2) is 8.31. The summed E-state index contributed by atoms with van der Waals surface area (Å²) in [6.07, 6.45) is 0. The lowest BCUT2D eigenvalue weighted by atomic mass is 10.3. The summed E-state index contributed by atoms with van der Waals surface area (Å²) in [5.74, 6) is 1.69. The molecule has 106 valence electrons. The van der Waals surface area contributed by atoms with Crippen LogP contribution in [0.15, 0.2) is 23.2 Å². The Hall–Kier alpha value is -1.82. The predicted octanol–water partition coefficient (Wildman–Crippen LogP) is 0.459. The van der Waals surface area contributed by atoms with Gasteiger partial charge in [0.05, 0.1) is 18.8 Å². The number of nitrogens with one attached hydrogen (secondary N) is 2. The molecule has 0 aliphatic rings. The van der Waals surface area contributed by atoms with E-state index < -0.39 is 0 Å². The van der Waals surface area contributed by atoms with Gasteiger partial charge in [-0.2, -0.15) is 0 Å². The van der Waals surface area contributed by atoms with E-state index in [0.29, 0.717) is 13.2 Å². The molecule has 0 radical (unpaired) electrons. The van der Waals surface area contributed by atoms with E-state index in [9.17, 15) is 0 Å². The number of hydrogen-bond acceptors (Lipinski definition) is 4. The standard InChI is InChI=1S/C13H23N5O/c1-14-13(15-8-9-19-4)16-10-11-6-5-7-12(17-11)18(2)3/h5-7H,8-10H2,1-4H3,(H2,14,15,16). The average molecular weight is 265 g/mol. The minimum absolute atomic E-state index is 0.633. The van der Waals surface area contributed by atoms with E-state index in [1.165, 1.54) is 0 Å². The molecule has 1 aromatic heterocycles. The molecule has 0 fully saturated rings. The molecule has 0 spiro atoms. The number of methoxy groups -OCH3 is 1. The van der Waals surface area contributed by atoms with Crippen LogP contribution >= 0.6 is 0 Å². The number of anilines is 1. The van der Waals surface area contributed by atoms with E-state index in [-0.39, 0.29) is 0 Å². The van der Waals surface area contributed by atoms with Crippen molar-refractivity contribution in [2.24, 2.45) is 4.99 Å². The molecule has 1 aromatic rings. The fourth-order valence-electron chi connectivity index (χ4n) is 1.48. The molecule has 19 heavy (non-hydrogen) atoms. The molecule has 2 N–H and O–H groups in total. The fraction of sp³-hybridized carbons (Fsp3) is 0.538. The van der Waals surface area contributed by atoms with Gasteiger partial charge in [0.15, 0.2) is 5.96 Å². The van der Waals surface area contributed by atoms with Crippen LogP contribution in [-0.4, -0.2) is 52.3 Å². The molecule has 0 aliphatic carbocycles. The molecule has 0 unspecified atom stereocenters. The molecule has 0 amide bonds. The van der Waals surface area contributed by atoms with Crippen molar-refractivity contribution in [3.63, 3.8) is 0 Å². The number of nitrogens with zero attached hydrogens (tertiary/aromatic N) is 3. The highest BCUT2D eigenvalue weighted by Gasteiger charge is 2.01. The summed E-state index contributed by atoms with van der Waals surface area (Å²) < 4.78 is 4.98. The van der Waals surface area contributed by atoms with E-state index in [4.69, 9.17) is 4.74 Å². The summed E-state index contributed by atoms with van der Waals surface area (Å²) in [4.78, 5) is 10.6. The Labute approximate surface area is 114 Å². The van der Waals surface area contributed by atoms with Crippen molar-refractivity contribution in [2.75, 3.05) is 46.3 Å². The van der Waals surface area contributed by atoms with Crippen molar-refractivity contribution in [1.29, 1.82) is 0 Å². The molecule has 1 heterocycles. The molecule has 0 atom stereocenters. The summed E-state index contributed by atoms with van der Waals surface area (Å²) in [6.45, 7) is 2.00. The van der Waals surface area contributed by atoms with E-state index in [1.54, 1.807) is 14.2 Å². The van der Waals surface area contributed by atoms with Crippen molar-refractivity contribution in [1.82, 2.24) is 15.6 Å². The van der Waals surface area contributed by atoms with Crippen molar-refractivity contribution in [3.8, 4) is 0 Å². The van der Waals surface area contributed by atoms with Gasteiger partial charge >= 0.3 is 0 Å². The topological polar surface area (TPSA) is 61.8 Å². The quantitative estimate of drug-likeness (QED) is 0.444. The van der Waals surface area contributed by atoms with Crippen LogP contribution in [0.5, 0.6) is 0 Å². The predicted molar refractivity (Wildman–Crippen MR) is 78.6 cm³/mol. The zero-order chi connectivity index (χ0) is 14.1. The Kier molecular flexibility index (Phi) is 6.67. The van der Waals surface area contributed by atoms with Crippen LogP contribution < -0.4 is 15.5 Å². The zero-order valence-electron chi connectivity index (χ0n) is 12.1. The maximum atomic E-state index is 4.98. The monoisotopic (exact) mass is 265 g/mol. The molecule has 0 saturated heterocycles. The first-order valence-electron chi connectivity index (χ1n) is 6.24. The smallest absolute Gasteiger partial charge is 0.191 e. The first-order chi connectivity index (χ1) is 9.17. The van der Waals surface area contributed by atoms with E-state index in [2.05, 4.69) is 20.6 Å². The van der Waals surface area contributed by atoms with Crippen molar-refractivity contribution >= 4 is 11.8 Å². The minimum atomic E-state index is 0.633. The third-order valence-electron chi connectivity index (χ3n) is 2.51. The molecular weight excluding hydrogens is 242 g/mol. The molecule has 0 saturated carbocycles. The Morgan fingerprint density at radius 3 is 2.79 bits per heavy atom. The largest absolute Gasteiger partial charge is 0.383 e. The van der Waals surface area contributed by atoms with Crippen LogP contribution in [0.4, 0.5) is 5.82 Å². The number of hydrogen-bond donors (Lipinski definition) is 2. The molecule has 1 rings (SSSR count). The second-order valence-corrected chi connectivity index (χ2v) is 4.23. The van der Waals surface area contributed by atoms with Crippen molar-refractivity contribution in [3.05, 3.63) is 23.9 Å². The normalized spacial score (nSPS) is 11.3. The van der Waals surface area contributed by atoms with Crippen LogP contribution in [-0.2, 0) is 11.3 Å². The first kappa shape index (κ1) is 15.2. The number of aliphatic imine (C=N–C) groups is 1. The summed E-state index contributed by atoms with van der Waals surface area (Å²) in [5.41, 5.74) is 0.973. The zero-order valence-corrected chi connectivity index (χ0v) is 12.1. The second-order valence-electron chi connectivity index (χ2n) is 4.23. The van der Waals surface area contributed by atoms with Gasteiger partial charge in [-0.1, -0.05) is 6.07 Å². The Morgan fingerprint density at radius 2 is 2.16 bits per heavy atom. The summed E-state index contributed by atoms with van der Waals surface area (Å²) in [7, 11) is 7.37. The SMILES string of the molecule is CN=C(NCCOC)NCc1cccc(N(C)C)n1. The minimum Gasteiger partial charge on any atom is -0.383 e. The van der Waals surface area contributed by atoms with Gasteiger partial charge in [0.2, 0.25) is 0 Å². The van der Waals surface area contributed by atoms with Gasteiger partial charge in [0.1, 0.15) is 5.82 Å². The van der Waals surface area contributed by atoms with Crippen molar-refractivity contribution < 1.29 is 4.74 Å². The van der Waals surface area contributed by atoms with Crippen LogP contribution in [0.3, 0.4) is 0 Å². The van der Waals surface area contributed by atoms with Crippen LogP contribution in [0.1, 0.15) is 5.69 Å². The van der Waals surface area contributed by atoms with E-state index >= 15 is 0 Å². The van der Waals surface area contributed by atoms with Gasteiger partial charge in [-0.25, -0.2) is 4.98 Å². The van der Waals surface area contributed by atoms with E-state index in [1.807, 2.05) is 37.2 Å². The van der Waals surface area contributed by atoms with Crippen LogP contribution in [0.2, 0.25) is 0 Å².